The Morgan fingerprint density at radius 3 is 1.35 bits per heavy atom. The molecule has 2 aromatic carbocycles. The maximum atomic E-state index is 4.55. The van der Waals surface area contributed by atoms with Gasteiger partial charge in [-0.25, -0.2) is 9.36 Å². The van der Waals surface area contributed by atoms with Gasteiger partial charge in [0.2, 0.25) is 5.66 Å². The van der Waals surface area contributed by atoms with Gasteiger partial charge in [0.1, 0.15) is 0 Å². The number of hydrogen-bond acceptors (Lipinski definition) is 2. The molecule has 0 saturated carbocycles. The highest BCUT2D eigenvalue weighted by molar-refractivity contribution is 5.39. The standard InChI is InChI=1S/C19H16N4/c1-3-9-17(10-4-1)19(22-15-7-13-20-22,23-16-8-14-21-23)18-11-5-2-6-12-18/h1-16H. The summed E-state index contributed by atoms with van der Waals surface area (Å²) in [7, 11) is 0. The Labute approximate surface area is 134 Å². The highest BCUT2D eigenvalue weighted by atomic mass is 15.5. The van der Waals surface area contributed by atoms with Gasteiger partial charge in [-0.05, 0) is 12.1 Å². The van der Waals surface area contributed by atoms with Crippen molar-refractivity contribution in [1.82, 2.24) is 19.6 Å². The van der Waals surface area contributed by atoms with Crippen LogP contribution in [0.25, 0.3) is 0 Å². The molecule has 0 unspecified atom stereocenters. The molecule has 0 aliphatic carbocycles. The summed E-state index contributed by atoms with van der Waals surface area (Å²) in [6.45, 7) is 0. The first kappa shape index (κ1) is 13.5. The van der Waals surface area contributed by atoms with Crippen LogP contribution in [-0.4, -0.2) is 19.6 Å². The maximum absolute atomic E-state index is 4.55. The Morgan fingerprint density at radius 1 is 0.565 bits per heavy atom. The molecule has 0 bridgehead atoms. The number of nitrogens with zero attached hydrogens (tertiary/aromatic N) is 4. The number of hydrogen-bond donors (Lipinski definition) is 0. The topological polar surface area (TPSA) is 35.6 Å². The molecule has 0 atom stereocenters. The molecular weight excluding hydrogens is 284 g/mol. The number of benzene rings is 2. The minimum atomic E-state index is -0.657. The lowest BCUT2D eigenvalue weighted by atomic mass is 9.91. The molecule has 2 aromatic heterocycles. The van der Waals surface area contributed by atoms with E-state index in [1.165, 1.54) is 0 Å². The van der Waals surface area contributed by atoms with Crippen molar-refractivity contribution in [2.75, 3.05) is 0 Å². The van der Waals surface area contributed by atoms with E-state index in [0.29, 0.717) is 0 Å². The predicted molar refractivity (Wildman–Crippen MR) is 88.9 cm³/mol. The van der Waals surface area contributed by atoms with Crippen molar-refractivity contribution in [2.24, 2.45) is 0 Å². The van der Waals surface area contributed by atoms with Crippen molar-refractivity contribution in [2.45, 2.75) is 5.66 Å². The molecule has 0 fully saturated rings. The van der Waals surface area contributed by atoms with Crippen LogP contribution in [-0.2, 0) is 5.66 Å². The third-order valence-electron chi connectivity index (χ3n) is 4.02. The van der Waals surface area contributed by atoms with Crippen molar-refractivity contribution in [3.8, 4) is 0 Å². The monoisotopic (exact) mass is 300 g/mol. The molecule has 0 saturated heterocycles. The zero-order valence-corrected chi connectivity index (χ0v) is 12.5. The van der Waals surface area contributed by atoms with Gasteiger partial charge in [-0.3, -0.25) is 0 Å². The van der Waals surface area contributed by atoms with Gasteiger partial charge in [-0.2, -0.15) is 10.2 Å². The molecule has 2 heterocycles. The van der Waals surface area contributed by atoms with Crippen molar-refractivity contribution in [1.29, 1.82) is 0 Å². The van der Waals surface area contributed by atoms with Gasteiger partial charge < -0.3 is 0 Å². The van der Waals surface area contributed by atoms with E-state index in [4.69, 9.17) is 0 Å². The van der Waals surface area contributed by atoms with Crippen LogP contribution in [0.4, 0.5) is 0 Å². The van der Waals surface area contributed by atoms with Crippen LogP contribution in [0.5, 0.6) is 0 Å². The molecule has 0 aliphatic rings. The van der Waals surface area contributed by atoms with E-state index >= 15 is 0 Å². The van der Waals surface area contributed by atoms with Crippen molar-refractivity contribution in [3.05, 3.63) is 109 Å². The third kappa shape index (κ3) is 2.07. The molecular formula is C19H16N4. The van der Waals surface area contributed by atoms with E-state index in [1.807, 2.05) is 70.3 Å². The zero-order chi connectivity index (χ0) is 15.5. The summed E-state index contributed by atoms with van der Waals surface area (Å²) >= 11 is 0. The second-order valence-electron chi connectivity index (χ2n) is 5.31. The molecule has 0 aliphatic heterocycles. The minimum Gasteiger partial charge on any atom is -0.237 e. The van der Waals surface area contributed by atoms with E-state index in [1.54, 1.807) is 12.4 Å². The summed E-state index contributed by atoms with van der Waals surface area (Å²) in [5, 5.41) is 9.11. The van der Waals surface area contributed by atoms with Crippen molar-refractivity contribution in [3.63, 3.8) is 0 Å². The van der Waals surface area contributed by atoms with E-state index in [0.717, 1.165) is 11.1 Å². The molecule has 4 aromatic rings. The average molecular weight is 300 g/mol. The van der Waals surface area contributed by atoms with Gasteiger partial charge in [-0.1, -0.05) is 60.7 Å². The fourth-order valence-electron chi connectivity index (χ4n) is 3.06. The van der Waals surface area contributed by atoms with Gasteiger partial charge >= 0.3 is 0 Å². The second-order valence-corrected chi connectivity index (χ2v) is 5.31. The lowest BCUT2D eigenvalue weighted by molar-refractivity contribution is 0.296. The number of rotatable bonds is 4. The van der Waals surface area contributed by atoms with E-state index in [2.05, 4.69) is 34.5 Å². The zero-order valence-electron chi connectivity index (χ0n) is 12.5. The first-order valence-electron chi connectivity index (χ1n) is 7.53. The molecule has 4 heteroatoms. The van der Waals surface area contributed by atoms with Crippen LogP contribution in [0.15, 0.2) is 97.6 Å². The summed E-state index contributed by atoms with van der Waals surface area (Å²) in [5.74, 6) is 0. The Morgan fingerprint density at radius 2 is 1.00 bits per heavy atom. The molecule has 0 N–H and O–H groups in total. The normalized spacial score (nSPS) is 11.5. The Kier molecular flexibility index (Phi) is 3.27. The van der Waals surface area contributed by atoms with Crippen LogP contribution in [0.3, 0.4) is 0 Å². The fraction of sp³-hybridized carbons (Fsp3) is 0.0526. The molecule has 23 heavy (non-hydrogen) atoms. The fourth-order valence-corrected chi connectivity index (χ4v) is 3.06. The summed E-state index contributed by atoms with van der Waals surface area (Å²) in [6, 6.07) is 24.5. The van der Waals surface area contributed by atoms with Gasteiger partial charge in [0.05, 0.1) is 0 Å². The lowest BCUT2D eigenvalue weighted by Crippen LogP contribution is -2.44. The molecule has 4 rings (SSSR count). The summed E-state index contributed by atoms with van der Waals surface area (Å²) in [4.78, 5) is 0. The minimum absolute atomic E-state index is 0.657. The summed E-state index contributed by atoms with van der Waals surface area (Å²) in [6.07, 6.45) is 7.54. The van der Waals surface area contributed by atoms with Crippen LogP contribution < -0.4 is 0 Å². The third-order valence-corrected chi connectivity index (χ3v) is 4.02. The van der Waals surface area contributed by atoms with Gasteiger partial charge in [0.25, 0.3) is 0 Å². The Balaban J connectivity index is 2.11. The molecule has 0 amide bonds. The van der Waals surface area contributed by atoms with Crippen molar-refractivity contribution < 1.29 is 0 Å². The maximum Gasteiger partial charge on any atom is 0.204 e. The van der Waals surface area contributed by atoms with Crippen LogP contribution in [0, 0.1) is 0 Å². The smallest absolute Gasteiger partial charge is 0.204 e. The first-order valence-corrected chi connectivity index (χ1v) is 7.53. The predicted octanol–water partition coefficient (Wildman–Crippen LogP) is 3.38. The second kappa shape index (κ2) is 5.57. The molecule has 0 radical (unpaired) electrons. The van der Waals surface area contributed by atoms with Crippen LogP contribution in [0.1, 0.15) is 11.1 Å². The highest BCUT2D eigenvalue weighted by Crippen LogP contribution is 2.34. The summed E-state index contributed by atoms with van der Waals surface area (Å²) < 4.78 is 3.90. The van der Waals surface area contributed by atoms with Gasteiger partial charge in [0, 0.05) is 35.9 Å². The number of aromatic nitrogens is 4. The van der Waals surface area contributed by atoms with E-state index in [-0.39, 0.29) is 0 Å². The molecule has 0 spiro atoms. The Bertz CT molecular complexity index is 775. The van der Waals surface area contributed by atoms with Crippen LogP contribution >= 0.6 is 0 Å². The largest absolute Gasteiger partial charge is 0.237 e. The first-order chi connectivity index (χ1) is 11.4. The summed E-state index contributed by atoms with van der Waals surface area (Å²) in [5.41, 5.74) is 1.53. The average Bonchev–Trinajstić information content (AvgIpc) is 3.32. The van der Waals surface area contributed by atoms with E-state index < -0.39 is 5.66 Å². The molecule has 112 valence electrons. The van der Waals surface area contributed by atoms with E-state index in [9.17, 15) is 0 Å². The van der Waals surface area contributed by atoms with Gasteiger partial charge in [0.15, 0.2) is 0 Å². The lowest BCUT2D eigenvalue weighted by Gasteiger charge is -2.35. The Hall–Kier alpha value is -3.14. The van der Waals surface area contributed by atoms with Gasteiger partial charge in [-0.15, -0.1) is 0 Å². The highest BCUT2D eigenvalue weighted by Gasteiger charge is 2.39. The van der Waals surface area contributed by atoms with Crippen molar-refractivity contribution >= 4 is 0 Å². The van der Waals surface area contributed by atoms with Crippen LogP contribution in [0.2, 0.25) is 0 Å². The molecule has 4 nitrogen and oxygen atoms in total. The SMILES string of the molecule is c1ccc(C(c2ccccc2)(n2cccn2)n2cccn2)cc1. The quantitative estimate of drug-likeness (QED) is 0.579.